The summed E-state index contributed by atoms with van der Waals surface area (Å²) >= 11 is 0. The number of piperazine rings is 1. The largest absolute Gasteiger partial charge is 0.367 e. The number of benzene rings is 2. The van der Waals surface area contributed by atoms with E-state index in [0.29, 0.717) is 50.5 Å². The molecule has 9 heteroatoms. The zero-order chi connectivity index (χ0) is 26.6. The van der Waals surface area contributed by atoms with Crippen molar-refractivity contribution in [3.63, 3.8) is 0 Å². The van der Waals surface area contributed by atoms with E-state index in [1.165, 1.54) is 11.0 Å². The highest BCUT2D eigenvalue weighted by molar-refractivity contribution is 5.84. The Morgan fingerprint density at radius 3 is 2.22 bits per heavy atom. The molecule has 0 aromatic heterocycles. The van der Waals surface area contributed by atoms with Gasteiger partial charge in [0, 0.05) is 52.2 Å². The fourth-order valence-electron chi connectivity index (χ4n) is 5.24. The third-order valence-corrected chi connectivity index (χ3v) is 7.33. The van der Waals surface area contributed by atoms with Crippen LogP contribution in [-0.4, -0.2) is 84.8 Å². The second-order valence-corrected chi connectivity index (χ2v) is 9.73. The minimum atomic E-state index is -2.85. The zero-order valence-corrected chi connectivity index (χ0v) is 21.5. The monoisotopic (exact) mass is 516 g/mol. The quantitative estimate of drug-likeness (QED) is 0.533. The van der Waals surface area contributed by atoms with Crippen molar-refractivity contribution in [3.05, 3.63) is 65.5 Å². The molecule has 2 heterocycles. The molecule has 2 amide bonds. The summed E-state index contributed by atoms with van der Waals surface area (Å²) in [6.07, 6.45) is -0.160. The number of carbonyl (C=O) groups is 2. The van der Waals surface area contributed by atoms with Crippen LogP contribution in [0.3, 0.4) is 0 Å². The maximum Gasteiger partial charge on any atom is 0.267 e. The first kappa shape index (κ1) is 27.0. The zero-order valence-electron chi connectivity index (χ0n) is 21.5. The van der Waals surface area contributed by atoms with E-state index in [0.717, 1.165) is 5.56 Å². The molecule has 2 aromatic carbocycles. The molecule has 0 spiro atoms. The number of anilines is 1. The molecule has 6 nitrogen and oxygen atoms in total. The van der Waals surface area contributed by atoms with Gasteiger partial charge in [-0.2, -0.15) is 0 Å². The Bertz CT molecular complexity index is 1090. The van der Waals surface area contributed by atoms with E-state index >= 15 is 4.39 Å². The van der Waals surface area contributed by atoms with Crippen molar-refractivity contribution in [3.8, 4) is 0 Å². The minimum absolute atomic E-state index is 0.0295. The van der Waals surface area contributed by atoms with E-state index in [1.54, 1.807) is 17.0 Å². The fourth-order valence-corrected chi connectivity index (χ4v) is 5.24. The topological polar surface area (TPSA) is 47.1 Å². The maximum absolute atomic E-state index is 15.1. The Balaban J connectivity index is 1.44. The normalized spacial score (nSPS) is 18.6. The number of hydrogen-bond acceptors (Lipinski definition) is 4. The first-order valence-corrected chi connectivity index (χ1v) is 13.0. The second kappa shape index (κ2) is 11.5. The number of nitrogens with zero attached hydrogens (tertiary/aromatic N) is 4. The van der Waals surface area contributed by atoms with E-state index in [4.69, 9.17) is 0 Å². The minimum Gasteiger partial charge on any atom is -0.367 e. The molecule has 0 aliphatic carbocycles. The van der Waals surface area contributed by atoms with Gasteiger partial charge in [-0.3, -0.25) is 14.5 Å². The van der Waals surface area contributed by atoms with Crippen LogP contribution in [0, 0.1) is 5.82 Å². The Morgan fingerprint density at radius 1 is 0.973 bits per heavy atom. The number of likely N-dealkylation sites (tertiary alicyclic amines) is 1. The first-order chi connectivity index (χ1) is 17.7. The van der Waals surface area contributed by atoms with E-state index in [2.05, 4.69) is 0 Å². The molecule has 1 atom stereocenters. The third kappa shape index (κ3) is 6.26. The Hall–Kier alpha value is -3.07. The maximum atomic E-state index is 15.1. The predicted octanol–water partition coefficient (Wildman–Crippen LogP) is 3.97. The molecule has 0 saturated carbocycles. The van der Waals surface area contributed by atoms with Crippen molar-refractivity contribution in [2.24, 2.45) is 0 Å². The summed E-state index contributed by atoms with van der Waals surface area (Å²) in [7, 11) is 0. The molecular weight excluding hydrogens is 481 g/mol. The summed E-state index contributed by atoms with van der Waals surface area (Å²) in [4.78, 5) is 32.7. The van der Waals surface area contributed by atoms with Crippen LogP contribution in [0.1, 0.15) is 37.4 Å². The van der Waals surface area contributed by atoms with E-state index in [9.17, 15) is 18.4 Å². The van der Waals surface area contributed by atoms with Gasteiger partial charge in [-0.1, -0.05) is 36.4 Å². The lowest BCUT2D eigenvalue weighted by molar-refractivity contribution is -0.138. The molecule has 0 N–H and O–H groups in total. The molecule has 2 fully saturated rings. The highest BCUT2D eigenvalue weighted by atomic mass is 19.3. The molecule has 4 rings (SSSR count). The van der Waals surface area contributed by atoms with Gasteiger partial charge < -0.3 is 14.7 Å². The Kier molecular flexibility index (Phi) is 8.42. The van der Waals surface area contributed by atoms with Crippen LogP contribution in [0.2, 0.25) is 0 Å². The van der Waals surface area contributed by atoms with Crippen LogP contribution < -0.4 is 4.90 Å². The van der Waals surface area contributed by atoms with Crippen molar-refractivity contribution in [1.82, 2.24) is 14.7 Å². The van der Waals surface area contributed by atoms with Crippen molar-refractivity contribution in [1.29, 1.82) is 0 Å². The molecule has 37 heavy (non-hydrogen) atoms. The van der Waals surface area contributed by atoms with Crippen LogP contribution in [0.4, 0.5) is 18.9 Å². The van der Waals surface area contributed by atoms with Gasteiger partial charge in [0.15, 0.2) is 0 Å². The third-order valence-electron chi connectivity index (χ3n) is 7.33. The number of rotatable bonds is 8. The molecule has 2 aliphatic heterocycles. The fraction of sp³-hybridized carbons (Fsp3) is 0.500. The molecular formula is C28H35F3N4O2. The first-order valence-electron chi connectivity index (χ1n) is 13.0. The van der Waals surface area contributed by atoms with Crippen LogP contribution in [0.5, 0.6) is 0 Å². The van der Waals surface area contributed by atoms with Gasteiger partial charge in [0.2, 0.25) is 11.8 Å². The van der Waals surface area contributed by atoms with Gasteiger partial charge in [0.05, 0.1) is 18.7 Å². The van der Waals surface area contributed by atoms with Crippen LogP contribution in [0.25, 0.3) is 0 Å². The van der Waals surface area contributed by atoms with Gasteiger partial charge >= 0.3 is 0 Å². The number of hydrogen-bond donors (Lipinski definition) is 0. The molecule has 2 saturated heterocycles. The molecule has 2 aromatic rings. The van der Waals surface area contributed by atoms with Gasteiger partial charge in [-0.05, 0) is 37.1 Å². The number of likely N-dealkylation sites (N-methyl/N-ethyl adjacent to an activating group) is 1. The number of carbonyl (C=O) groups excluding carboxylic acids is 2. The number of amides is 2. The van der Waals surface area contributed by atoms with Gasteiger partial charge in [-0.25, -0.2) is 13.2 Å². The highest BCUT2D eigenvalue weighted by Crippen LogP contribution is 2.32. The molecule has 200 valence electrons. The summed E-state index contributed by atoms with van der Waals surface area (Å²) in [5, 5.41) is 0. The molecule has 2 aliphatic rings. The van der Waals surface area contributed by atoms with Crippen molar-refractivity contribution < 1.29 is 22.8 Å². The Labute approximate surface area is 216 Å². The van der Waals surface area contributed by atoms with Gasteiger partial charge in [-0.15, -0.1) is 0 Å². The van der Waals surface area contributed by atoms with Gasteiger partial charge in [0.1, 0.15) is 11.9 Å². The smallest absolute Gasteiger partial charge is 0.267 e. The van der Waals surface area contributed by atoms with E-state index in [-0.39, 0.29) is 37.0 Å². The lowest BCUT2D eigenvalue weighted by Gasteiger charge is -2.40. The van der Waals surface area contributed by atoms with Crippen LogP contribution in [-0.2, 0) is 16.0 Å². The predicted molar refractivity (Wildman–Crippen MR) is 137 cm³/mol. The molecule has 1 unspecified atom stereocenters. The second-order valence-electron chi connectivity index (χ2n) is 9.73. The number of alkyl halides is 2. The van der Waals surface area contributed by atoms with Crippen LogP contribution in [0.15, 0.2) is 48.5 Å². The van der Waals surface area contributed by atoms with Crippen molar-refractivity contribution in [2.45, 2.75) is 38.7 Å². The summed E-state index contributed by atoms with van der Waals surface area (Å²) in [6, 6.07) is 13.5. The Morgan fingerprint density at radius 2 is 1.65 bits per heavy atom. The van der Waals surface area contributed by atoms with Crippen LogP contribution >= 0.6 is 0 Å². The van der Waals surface area contributed by atoms with Crippen molar-refractivity contribution >= 4 is 17.5 Å². The number of halogens is 3. The molecule has 0 bridgehead atoms. The average Bonchev–Trinajstić information content (AvgIpc) is 3.26. The van der Waals surface area contributed by atoms with E-state index < -0.39 is 18.5 Å². The highest BCUT2D eigenvalue weighted by Gasteiger charge is 2.43. The average molecular weight is 517 g/mol. The molecule has 0 radical (unpaired) electrons. The summed E-state index contributed by atoms with van der Waals surface area (Å²) < 4.78 is 42.7. The van der Waals surface area contributed by atoms with E-state index in [1.807, 2.05) is 54.0 Å². The van der Waals surface area contributed by atoms with Gasteiger partial charge in [0.25, 0.3) is 5.92 Å². The summed E-state index contributed by atoms with van der Waals surface area (Å²) in [5.41, 5.74) is 1.86. The summed E-state index contributed by atoms with van der Waals surface area (Å²) in [5.74, 6) is -3.58. The lowest BCUT2D eigenvalue weighted by atomic mass is 10.0. The lowest BCUT2D eigenvalue weighted by Crippen LogP contribution is -2.51. The SMILES string of the molecule is CCN(CC)C(=O)Cc1ccc(N2CCN(C(C(=O)N3CCC(F)(F)C3)c3ccccc3)CC2)c(F)c1. The summed E-state index contributed by atoms with van der Waals surface area (Å²) in [6.45, 7) is 6.51. The standard InChI is InChI=1S/C28H35F3N4O2/c1-3-32(4-2)25(36)19-21-10-11-24(23(29)18-21)33-14-16-34(17-15-33)26(22-8-6-5-7-9-22)27(37)35-13-12-28(30,31)20-35/h5-11,18,26H,3-4,12-17,19-20H2,1-2H3. The van der Waals surface area contributed by atoms with Crippen molar-refractivity contribution in [2.75, 3.05) is 57.3 Å².